The highest BCUT2D eigenvalue weighted by Gasteiger charge is 2.36. The lowest BCUT2D eigenvalue weighted by Crippen LogP contribution is -2.24. The predicted octanol–water partition coefficient (Wildman–Crippen LogP) is 2.29. The summed E-state index contributed by atoms with van der Waals surface area (Å²) in [6.45, 7) is 1.46. The number of fused-ring (bicyclic) bond motifs is 1. The van der Waals surface area contributed by atoms with Crippen LogP contribution in [0.3, 0.4) is 0 Å². The number of hydrogen-bond acceptors (Lipinski definition) is 6. The molecule has 0 N–H and O–H groups in total. The van der Waals surface area contributed by atoms with Crippen LogP contribution in [0.1, 0.15) is 42.1 Å². The highest BCUT2D eigenvalue weighted by molar-refractivity contribution is 7.95. The summed E-state index contributed by atoms with van der Waals surface area (Å²) in [7, 11) is -7.12. The Balaban J connectivity index is 2.19. The Bertz CT molecular complexity index is 1060. The highest BCUT2D eigenvalue weighted by Crippen LogP contribution is 2.37. The number of sulfone groups is 2. The lowest BCUT2D eigenvalue weighted by atomic mass is 9.91. The molecule has 1 heterocycles. The van der Waals surface area contributed by atoms with E-state index in [1.165, 1.54) is 19.1 Å². The van der Waals surface area contributed by atoms with Gasteiger partial charge in [-0.15, -0.1) is 0 Å². The van der Waals surface area contributed by atoms with Gasteiger partial charge in [0.05, 0.1) is 31.9 Å². The van der Waals surface area contributed by atoms with Gasteiger partial charge in [0.15, 0.2) is 31.2 Å². The fraction of sp³-hybridized carbons (Fsp3) is 0.412. The summed E-state index contributed by atoms with van der Waals surface area (Å²) < 4.78 is 48.6. The molecule has 0 aromatic heterocycles. The summed E-state index contributed by atoms with van der Waals surface area (Å²) in [5, 5.41) is -0.0207. The number of Topliss-reactive ketones (excluding diaryl/α,β-unsaturated/α-hetero) is 2. The van der Waals surface area contributed by atoms with Gasteiger partial charge in [-0.2, -0.15) is 0 Å². The SMILES string of the molecule is CCS(=O)(=O)C1=C(C(=O)c2ccc3c(c2Cl)CCS3(=O)=O)C(=O)CCC1. The molecule has 140 valence electrons. The maximum atomic E-state index is 13.0. The first kappa shape index (κ1) is 19.3. The maximum Gasteiger partial charge on any atom is 0.199 e. The van der Waals surface area contributed by atoms with Gasteiger partial charge >= 0.3 is 0 Å². The molecule has 26 heavy (non-hydrogen) atoms. The largest absolute Gasteiger partial charge is 0.294 e. The third kappa shape index (κ3) is 3.04. The van der Waals surface area contributed by atoms with E-state index in [2.05, 4.69) is 0 Å². The van der Waals surface area contributed by atoms with Crippen LogP contribution in [-0.2, 0) is 30.9 Å². The first-order valence-electron chi connectivity index (χ1n) is 8.18. The van der Waals surface area contributed by atoms with E-state index in [1.54, 1.807) is 0 Å². The first-order valence-corrected chi connectivity index (χ1v) is 11.9. The minimum Gasteiger partial charge on any atom is -0.294 e. The summed E-state index contributed by atoms with van der Waals surface area (Å²) in [6.07, 6.45) is 0.797. The van der Waals surface area contributed by atoms with Crippen LogP contribution in [0.4, 0.5) is 0 Å². The van der Waals surface area contributed by atoms with Crippen LogP contribution in [0.15, 0.2) is 27.5 Å². The molecule has 9 heteroatoms. The summed E-state index contributed by atoms with van der Waals surface area (Å²) >= 11 is 6.27. The lowest BCUT2D eigenvalue weighted by molar-refractivity contribution is -0.115. The molecular formula is C17H17ClO6S2. The van der Waals surface area contributed by atoms with Crippen LogP contribution in [0.25, 0.3) is 0 Å². The Hall–Kier alpha value is -1.51. The van der Waals surface area contributed by atoms with Crippen LogP contribution in [0, 0.1) is 0 Å². The quantitative estimate of drug-likeness (QED) is 0.551. The standard InChI is InChI=1S/C17H17ClO6S2/c1-2-25(21,22)14-5-3-4-12(19)15(14)17(20)11-6-7-13-10(16(11)18)8-9-26(13,23)24/h6-7H,2-5,8-9H2,1H3. The minimum absolute atomic E-state index is 0.0207. The van der Waals surface area contributed by atoms with Crippen LogP contribution in [-0.4, -0.2) is 39.9 Å². The van der Waals surface area contributed by atoms with Gasteiger partial charge in [-0.1, -0.05) is 18.5 Å². The van der Waals surface area contributed by atoms with Crippen molar-refractivity contribution < 1.29 is 26.4 Å². The van der Waals surface area contributed by atoms with E-state index in [0.717, 1.165) is 0 Å². The summed E-state index contributed by atoms with van der Waals surface area (Å²) in [5.74, 6) is -1.56. The topological polar surface area (TPSA) is 102 Å². The zero-order valence-electron chi connectivity index (χ0n) is 14.0. The molecule has 0 atom stereocenters. The first-order chi connectivity index (χ1) is 12.1. The van der Waals surface area contributed by atoms with Crippen LogP contribution in [0.2, 0.25) is 5.02 Å². The van der Waals surface area contributed by atoms with E-state index in [0.29, 0.717) is 12.0 Å². The highest BCUT2D eigenvalue weighted by atomic mass is 35.5. The van der Waals surface area contributed by atoms with E-state index in [9.17, 15) is 26.4 Å². The average Bonchev–Trinajstić information content (AvgIpc) is 2.90. The smallest absolute Gasteiger partial charge is 0.199 e. The number of carbonyl (C=O) groups excluding carboxylic acids is 2. The van der Waals surface area contributed by atoms with Gasteiger partial charge in [-0.25, -0.2) is 16.8 Å². The molecule has 0 spiro atoms. The van der Waals surface area contributed by atoms with Gasteiger partial charge in [0.25, 0.3) is 0 Å². The van der Waals surface area contributed by atoms with E-state index < -0.39 is 31.2 Å². The number of benzene rings is 1. The Morgan fingerprint density at radius 3 is 2.54 bits per heavy atom. The molecule has 1 aliphatic carbocycles. The second kappa shape index (κ2) is 6.58. The number of allylic oxidation sites excluding steroid dienone is 2. The fourth-order valence-electron chi connectivity index (χ4n) is 3.34. The lowest BCUT2D eigenvalue weighted by Gasteiger charge is -2.19. The van der Waals surface area contributed by atoms with Crippen LogP contribution < -0.4 is 0 Å². The third-order valence-corrected chi connectivity index (χ3v) is 8.89. The zero-order valence-corrected chi connectivity index (χ0v) is 16.4. The molecule has 0 amide bonds. The van der Waals surface area contributed by atoms with Crippen molar-refractivity contribution in [1.82, 2.24) is 0 Å². The molecule has 3 rings (SSSR count). The molecule has 0 radical (unpaired) electrons. The van der Waals surface area contributed by atoms with Gasteiger partial charge in [-0.05, 0) is 37.0 Å². The molecule has 6 nitrogen and oxygen atoms in total. The van der Waals surface area contributed by atoms with Crippen LogP contribution >= 0.6 is 11.6 Å². The second-order valence-electron chi connectivity index (χ2n) is 6.28. The molecule has 0 saturated carbocycles. The number of hydrogen-bond donors (Lipinski definition) is 0. The third-order valence-electron chi connectivity index (χ3n) is 4.75. The molecule has 0 fully saturated rings. The Morgan fingerprint density at radius 1 is 1.19 bits per heavy atom. The van der Waals surface area contributed by atoms with Crippen molar-refractivity contribution in [3.8, 4) is 0 Å². The molecular weight excluding hydrogens is 400 g/mol. The van der Waals surface area contributed by atoms with Crippen molar-refractivity contribution >= 4 is 42.8 Å². The van der Waals surface area contributed by atoms with Gasteiger partial charge in [0.1, 0.15) is 0 Å². The number of carbonyl (C=O) groups is 2. The Morgan fingerprint density at radius 2 is 1.88 bits per heavy atom. The van der Waals surface area contributed by atoms with Crippen molar-refractivity contribution in [2.75, 3.05) is 11.5 Å². The molecule has 1 aromatic rings. The summed E-state index contributed by atoms with van der Waals surface area (Å²) in [6, 6.07) is 2.57. The number of rotatable bonds is 4. The van der Waals surface area contributed by atoms with Crippen LogP contribution in [0.5, 0.6) is 0 Å². The summed E-state index contributed by atoms with van der Waals surface area (Å²) in [5.41, 5.74) is -0.0151. The van der Waals surface area contributed by atoms with Gasteiger partial charge in [-0.3, -0.25) is 9.59 Å². The number of ketones is 2. The van der Waals surface area contributed by atoms with E-state index >= 15 is 0 Å². The Labute approximate surface area is 157 Å². The minimum atomic E-state index is -3.70. The predicted molar refractivity (Wildman–Crippen MR) is 96.9 cm³/mol. The van der Waals surface area contributed by atoms with Gasteiger partial charge in [0.2, 0.25) is 0 Å². The van der Waals surface area contributed by atoms with Crippen molar-refractivity contribution in [3.05, 3.63) is 38.8 Å². The maximum absolute atomic E-state index is 13.0. The van der Waals surface area contributed by atoms with Gasteiger partial charge < -0.3 is 0 Å². The molecule has 1 aliphatic heterocycles. The average molecular weight is 417 g/mol. The Kier molecular flexibility index (Phi) is 4.87. The monoisotopic (exact) mass is 416 g/mol. The van der Waals surface area contributed by atoms with Crippen molar-refractivity contribution in [2.24, 2.45) is 0 Å². The molecule has 0 bridgehead atoms. The van der Waals surface area contributed by atoms with E-state index in [1.807, 2.05) is 0 Å². The number of halogens is 1. The molecule has 0 unspecified atom stereocenters. The molecule has 0 saturated heterocycles. The van der Waals surface area contributed by atoms with Crippen molar-refractivity contribution in [1.29, 1.82) is 0 Å². The zero-order chi connectivity index (χ0) is 19.3. The fourth-order valence-corrected chi connectivity index (χ4v) is 6.61. The van der Waals surface area contributed by atoms with E-state index in [4.69, 9.17) is 11.6 Å². The van der Waals surface area contributed by atoms with E-state index in [-0.39, 0.29) is 56.7 Å². The van der Waals surface area contributed by atoms with Crippen molar-refractivity contribution in [3.63, 3.8) is 0 Å². The second-order valence-corrected chi connectivity index (χ2v) is 11.0. The normalized spacial score (nSPS) is 19.5. The molecule has 2 aliphatic rings. The van der Waals surface area contributed by atoms with Gasteiger partial charge in [0, 0.05) is 12.0 Å². The van der Waals surface area contributed by atoms with Crippen molar-refractivity contribution in [2.45, 2.75) is 37.5 Å². The summed E-state index contributed by atoms with van der Waals surface area (Å²) in [4.78, 5) is 25.3. The molecule has 1 aromatic carbocycles.